The molecule has 2 aliphatic rings. The van der Waals surface area contributed by atoms with Crippen molar-refractivity contribution in [2.75, 3.05) is 11.9 Å². The van der Waals surface area contributed by atoms with Crippen molar-refractivity contribution in [1.82, 2.24) is 0 Å². The van der Waals surface area contributed by atoms with Crippen LogP contribution >= 0.6 is 0 Å². The minimum Gasteiger partial charge on any atom is -0.484 e. The molecule has 0 bridgehead atoms. The van der Waals surface area contributed by atoms with Crippen molar-refractivity contribution >= 4 is 17.5 Å². The maximum absolute atomic E-state index is 12.5. The molecule has 7 nitrogen and oxygen atoms in total. The minimum atomic E-state index is -0.556. The van der Waals surface area contributed by atoms with Crippen LogP contribution in [0.4, 0.5) is 5.69 Å². The lowest BCUT2D eigenvalue weighted by atomic mass is 9.94. The second-order valence-electron chi connectivity index (χ2n) is 7.07. The zero-order chi connectivity index (χ0) is 19.6. The van der Waals surface area contributed by atoms with Crippen LogP contribution in [-0.4, -0.2) is 24.2 Å². The highest BCUT2D eigenvalue weighted by Gasteiger charge is 2.42. The lowest BCUT2D eigenvalue weighted by Gasteiger charge is -2.31. The molecule has 3 N–H and O–H groups in total. The van der Waals surface area contributed by atoms with Gasteiger partial charge in [0, 0.05) is 30.2 Å². The molecule has 0 saturated heterocycles. The number of anilines is 1. The first kappa shape index (κ1) is 18.2. The Morgan fingerprint density at radius 3 is 2.43 bits per heavy atom. The van der Waals surface area contributed by atoms with Crippen molar-refractivity contribution in [3.63, 3.8) is 0 Å². The molecule has 1 aliphatic carbocycles. The van der Waals surface area contributed by atoms with Crippen molar-refractivity contribution in [1.29, 1.82) is 0 Å². The van der Waals surface area contributed by atoms with Gasteiger partial charge in [-0.2, -0.15) is 0 Å². The Bertz CT molecular complexity index is 888. The molecule has 1 aliphatic heterocycles. The summed E-state index contributed by atoms with van der Waals surface area (Å²) in [4.78, 5) is 23.2. The lowest BCUT2D eigenvalue weighted by Crippen LogP contribution is -2.40. The molecule has 1 saturated carbocycles. The van der Waals surface area contributed by atoms with Crippen LogP contribution in [0, 0.1) is 0 Å². The van der Waals surface area contributed by atoms with Crippen LogP contribution in [0.5, 0.6) is 17.2 Å². The molecule has 0 radical (unpaired) electrons. The van der Waals surface area contributed by atoms with E-state index in [1.165, 1.54) is 6.42 Å². The largest absolute Gasteiger partial charge is 0.484 e. The van der Waals surface area contributed by atoms with Gasteiger partial charge in [-0.1, -0.05) is 6.42 Å². The molecule has 0 unspecified atom stereocenters. The summed E-state index contributed by atoms with van der Waals surface area (Å²) in [7, 11) is 0. The van der Waals surface area contributed by atoms with Crippen molar-refractivity contribution < 1.29 is 23.8 Å². The van der Waals surface area contributed by atoms with Crippen LogP contribution in [0.1, 0.15) is 42.5 Å². The Balaban J connectivity index is 1.40. The number of ether oxygens (including phenoxy) is 3. The first-order valence-electron chi connectivity index (χ1n) is 9.38. The van der Waals surface area contributed by atoms with E-state index in [-0.39, 0.29) is 12.5 Å². The average Bonchev–Trinajstić information content (AvgIpc) is 3.03. The van der Waals surface area contributed by atoms with Crippen LogP contribution in [0.3, 0.4) is 0 Å². The smallest absolute Gasteiger partial charge is 0.255 e. The number of hydrogen-bond donors (Lipinski definition) is 2. The van der Waals surface area contributed by atoms with Crippen LogP contribution < -0.4 is 25.3 Å². The third-order valence-corrected chi connectivity index (χ3v) is 4.91. The normalized spacial score (nSPS) is 16.6. The van der Waals surface area contributed by atoms with Gasteiger partial charge in [0.15, 0.2) is 18.1 Å². The summed E-state index contributed by atoms with van der Waals surface area (Å²) in [5.74, 6) is 0.499. The van der Waals surface area contributed by atoms with E-state index in [1.54, 1.807) is 36.4 Å². The summed E-state index contributed by atoms with van der Waals surface area (Å²) < 4.78 is 17.3. The molecule has 2 aromatic rings. The molecule has 7 heteroatoms. The van der Waals surface area contributed by atoms with E-state index in [0.717, 1.165) is 31.4 Å². The van der Waals surface area contributed by atoms with Crippen LogP contribution in [0.25, 0.3) is 0 Å². The van der Waals surface area contributed by atoms with E-state index in [1.807, 2.05) is 6.07 Å². The number of rotatable bonds is 5. The predicted octanol–water partition coefficient (Wildman–Crippen LogP) is 3.23. The quantitative estimate of drug-likeness (QED) is 0.827. The molecule has 146 valence electrons. The first-order chi connectivity index (χ1) is 13.5. The zero-order valence-corrected chi connectivity index (χ0v) is 15.4. The van der Waals surface area contributed by atoms with E-state index in [9.17, 15) is 9.59 Å². The number of carbonyl (C=O) groups is 2. The Morgan fingerprint density at radius 1 is 1.00 bits per heavy atom. The second kappa shape index (κ2) is 7.42. The second-order valence-corrected chi connectivity index (χ2v) is 7.07. The number of nitrogens with one attached hydrogen (secondary N) is 1. The number of fused-ring (bicyclic) bond motifs is 1. The monoisotopic (exact) mass is 382 g/mol. The fraction of sp³-hybridized carbons (Fsp3) is 0.333. The third kappa shape index (κ3) is 3.88. The Kier molecular flexibility index (Phi) is 4.81. The van der Waals surface area contributed by atoms with Crippen molar-refractivity contribution in [3.05, 3.63) is 48.0 Å². The highest BCUT2D eigenvalue weighted by Crippen LogP contribution is 2.46. The molecule has 28 heavy (non-hydrogen) atoms. The summed E-state index contributed by atoms with van der Waals surface area (Å²) in [6.07, 6.45) is 5.16. The maximum Gasteiger partial charge on any atom is 0.255 e. The number of amides is 2. The van der Waals surface area contributed by atoms with Crippen LogP contribution in [-0.2, 0) is 4.79 Å². The lowest BCUT2D eigenvalue weighted by molar-refractivity contribution is -0.119. The summed E-state index contributed by atoms with van der Waals surface area (Å²) in [5, 5.41) is 2.86. The van der Waals surface area contributed by atoms with E-state index >= 15 is 0 Å². The maximum atomic E-state index is 12.5. The van der Waals surface area contributed by atoms with Crippen molar-refractivity contribution in [2.45, 2.75) is 37.9 Å². The highest BCUT2D eigenvalue weighted by molar-refractivity contribution is 6.04. The molecule has 2 aromatic carbocycles. The summed E-state index contributed by atoms with van der Waals surface area (Å²) in [6, 6.07) is 11.9. The predicted molar refractivity (Wildman–Crippen MR) is 103 cm³/mol. The number of nitrogens with two attached hydrogens (primary N) is 1. The molecule has 0 atom stereocenters. The van der Waals surface area contributed by atoms with Gasteiger partial charge in [-0.3, -0.25) is 9.59 Å². The molecular weight excluding hydrogens is 360 g/mol. The number of carbonyl (C=O) groups excluding carboxylic acids is 2. The molecule has 1 spiro atoms. The molecule has 0 aromatic heterocycles. The van der Waals surface area contributed by atoms with Gasteiger partial charge in [-0.05, 0) is 49.2 Å². The van der Waals surface area contributed by atoms with E-state index < -0.39 is 11.7 Å². The fourth-order valence-corrected chi connectivity index (χ4v) is 3.53. The third-order valence-electron chi connectivity index (χ3n) is 4.91. The topological polar surface area (TPSA) is 99.9 Å². The van der Waals surface area contributed by atoms with Gasteiger partial charge in [0.05, 0.1) is 0 Å². The Morgan fingerprint density at radius 2 is 1.71 bits per heavy atom. The van der Waals surface area contributed by atoms with Crippen LogP contribution in [0.15, 0.2) is 42.5 Å². The van der Waals surface area contributed by atoms with Gasteiger partial charge in [0.25, 0.3) is 17.6 Å². The Labute approximate surface area is 162 Å². The highest BCUT2D eigenvalue weighted by atomic mass is 16.7. The fourth-order valence-electron chi connectivity index (χ4n) is 3.53. The molecular formula is C21H22N2O5. The van der Waals surface area contributed by atoms with Gasteiger partial charge in [-0.25, -0.2) is 0 Å². The number of primary amides is 1. The van der Waals surface area contributed by atoms with Gasteiger partial charge < -0.3 is 25.3 Å². The van der Waals surface area contributed by atoms with Gasteiger partial charge in [-0.15, -0.1) is 0 Å². The molecule has 1 heterocycles. The standard InChI is InChI=1S/C21H22N2O5/c22-19(24)13-26-16-7-4-14(5-8-16)20(25)23-15-6-9-17-18(12-15)28-21(27-17)10-2-1-3-11-21/h4-9,12H,1-3,10-11,13H2,(H2,22,24)(H,23,25). The average molecular weight is 382 g/mol. The van der Waals surface area contributed by atoms with Gasteiger partial charge in [0.1, 0.15) is 5.75 Å². The first-order valence-corrected chi connectivity index (χ1v) is 9.38. The van der Waals surface area contributed by atoms with E-state index in [0.29, 0.717) is 22.7 Å². The van der Waals surface area contributed by atoms with Crippen molar-refractivity contribution in [2.24, 2.45) is 5.73 Å². The molecule has 2 amide bonds. The van der Waals surface area contributed by atoms with Gasteiger partial charge >= 0.3 is 0 Å². The molecule has 4 rings (SSSR count). The number of benzene rings is 2. The summed E-state index contributed by atoms with van der Waals surface area (Å²) in [6.45, 7) is -0.204. The number of hydrogen-bond acceptors (Lipinski definition) is 5. The Hall–Kier alpha value is -3.22. The van der Waals surface area contributed by atoms with Crippen molar-refractivity contribution in [3.8, 4) is 17.2 Å². The summed E-state index contributed by atoms with van der Waals surface area (Å²) in [5.41, 5.74) is 6.14. The minimum absolute atomic E-state index is 0.204. The zero-order valence-electron chi connectivity index (χ0n) is 15.4. The summed E-state index contributed by atoms with van der Waals surface area (Å²) >= 11 is 0. The van der Waals surface area contributed by atoms with E-state index in [4.69, 9.17) is 19.9 Å². The van der Waals surface area contributed by atoms with E-state index in [2.05, 4.69) is 5.32 Å². The molecule has 1 fully saturated rings. The van der Waals surface area contributed by atoms with Crippen LogP contribution in [0.2, 0.25) is 0 Å². The SMILES string of the molecule is NC(=O)COc1ccc(C(=O)Nc2ccc3c(c2)OC2(CCCCC2)O3)cc1. The van der Waals surface area contributed by atoms with Gasteiger partial charge in [0.2, 0.25) is 0 Å².